The molecule has 3 nitrogen and oxygen atoms in total. The number of ether oxygens (including phenoxy) is 1. The molecule has 1 aromatic rings. The number of nitrogens with zero attached hydrogens (tertiary/aromatic N) is 1. The van der Waals surface area contributed by atoms with Crippen LogP contribution in [0.25, 0.3) is 0 Å². The van der Waals surface area contributed by atoms with E-state index in [-0.39, 0.29) is 0 Å². The predicted octanol–water partition coefficient (Wildman–Crippen LogP) is 2.91. The fourth-order valence-corrected chi connectivity index (χ4v) is 2.85. The fourth-order valence-electron chi connectivity index (χ4n) is 1.72. The molecule has 1 heterocycles. The lowest BCUT2D eigenvalue weighted by Gasteiger charge is -2.28. The summed E-state index contributed by atoms with van der Waals surface area (Å²) in [6, 6.07) is 8.58. The van der Waals surface area contributed by atoms with Gasteiger partial charge >= 0.3 is 0 Å². The van der Waals surface area contributed by atoms with Gasteiger partial charge in [-0.3, -0.25) is 4.99 Å². The highest BCUT2D eigenvalue weighted by atomic mass is 32.2. The highest BCUT2D eigenvalue weighted by Crippen LogP contribution is 2.20. The van der Waals surface area contributed by atoms with Crippen LogP contribution in [0.1, 0.15) is 19.4 Å². The molecule has 0 aliphatic carbocycles. The zero-order valence-corrected chi connectivity index (χ0v) is 12.0. The van der Waals surface area contributed by atoms with Crippen molar-refractivity contribution in [3.8, 4) is 5.75 Å². The van der Waals surface area contributed by atoms with Crippen molar-refractivity contribution in [2.75, 3.05) is 12.9 Å². The largest absolute Gasteiger partial charge is 0.497 e. The second kappa shape index (κ2) is 6.14. The number of methoxy groups -OCH3 is 1. The maximum Gasteiger partial charge on any atom is 0.157 e. The second-order valence-electron chi connectivity index (χ2n) is 4.69. The number of nitrogens with one attached hydrogen (secondary N) is 1. The zero-order chi connectivity index (χ0) is 13.0. The van der Waals surface area contributed by atoms with Gasteiger partial charge < -0.3 is 10.1 Å². The topological polar surface area (TPSA) is 33.6 Å². The lowest BCUT2D eigenvalue weighted by atomic mass is 10.1. The van der Waals surface area contributed by atoms with Crippen LogP contribution in [0.2, 0.25) is 0 Å². The van der Waals surface area contributed by atoms with Gasteiger partial charge in [-0.1, -0.05) is 30.8 Å². The average Bonchev–Trinajstić information content (AvgIpc) is 2.41. The van der Waals surface area contributed by atoms with Gasteiger partial charge in [-0.25, -0.2) is 0 Å². The van der Waals surface area contributed by atoms with Gasteiger partial charge in [-0.05, 0) is 30.5 Å². The van der Waals surface area contributed by atoms with Crippen LogP contribution in [0.15, 0.2) is 29.3 Å². The van der Waals surface area contributed by atoms with E-state index in [2.05, 4.69) is 36.3 Å². The number of aliphatic imine (C=N–C) groups is 1. The molecule has 1 aromatic carbocycles. The third-order valence-corrected chi connectivity index (χ3v) is 4.46. The van der Waals surface area contributed by atoms with Crippen LogP contribution in [0.5, 0.6) is 5.75 Å². The van der Waals surface area contributed by atoms with Crippen LogP contribution < -0.4 is 10.1 Å². The maximum atomic E-state index is 5.14. The van der Waals surface area contributed by atoms with E-state index in [0.29, 0.717) is 12.0 Å². The minimum Gasteiger partial charge on any atom is -0.497 e. The molecular formula is C14H20N2OS. The molecule has 2 atom stereocenters. The Kier molecular flexibility index (Phi) is 4.53. The Bertz CT molecular complexity index is 416. The molecule has 1 aliphatic heterocycles. The molecule has 0 saturated carbocycles. The number of thioether (sulfide) groups is 1. The number of amidine groups is 1. The molecule has 0 amide bonds. The monoisotopic (exact) mass is 264 g/mol. The highest BCUT2D eigenvalue weighted by molar-refractivity contribution is 8.13. The molecule has 4 heteroatoms. The van der Waals surface area contributed by atoms with Gasteiger partial charge in [0, 0.05) is 11.8 Å². The Balaban J connectivity index is 1.93. The third kappa shape index (κ3) is 3.42. The minimum atomic E-state index is 0.515. The van der Waals surface area contributed by atoms with E-state index in [1.165, 1.54) is 5.56 Å². The van der Waals surface area contributed by atoms with Crippen LogP contribution in [0, 0.1) is 5.92 Å². The SMILES string of the molecule is COc1ccc(CN=C2NC(C)C(C)CS2)cc1. The molecule has 98 valence electrons. The maximum absolute atomic E-state index is 5.14. The van der Waals surface area contributed by atoms with E-state index in [0.717, 1.165) is 23.2 Å². The molecule has 0 aromatic heterocycles. The summed E-state index contributed by atoms with van der Waals surface area (Å²) in [6.07, 6.45) is 0. The first-order valence-electron chi connectivity index (χ1n) is 6.25. The van der Waals surface area contributed by atoms with Crippen molar-refractivity contribution >= 4 is 16.9 Å². The Morgan fingerprint density at radius 1 is 1.33 bits per heavy atom. The summed E-state index contributed by atoms with van der Waals surface area (Å²) in [5.74, 6) is 2.74. The van der Waals surface area contributed by atoms with E-state index in [9.17, 15) is 0 Å². The van der Waals surface area contributed by atoms with Crippen LogP contribution in [-0.2, 0) is 6.54 Å². The van der Waals surface area contributed by atoms with Crippen molar-refractivity contribution in [2.45, 2.75) is 26.4 Å². The summed E-state index contributed by atoms with van der Waals surface area (Å²) in [7, 11) is 1.68. The van der Waals surface area contributed by atoms with E-state index in [1.54, 1.807) is 7.11 Å². The smallest absolute Gasteiger partial charge is 0.157 e. The molecule has 2 rings (SSSR count). The molecule has 1 saturated heterocycles. The lowest BCUT2D eigenvalue weighted by molar-refractivity contribution is 0.414. The van der Waals surface area contributed by atoms with E-state index in [1.807, 2.05) is 23.9 Å². The predicted molar refractivity (Wildman–Crippen MR) is 78.4 cm³/mol. The highest BCUT2D eigenvalue weighted by Gasteiger charge is 2.20. The van der Waals surface area contributed by atoms with Crippen molar-refractivity contribution < 1.29 is 4.74 Å². The lowest BCUT2D eigenvalue weighted by Crippen LogP contribution is -2.41. The fraction of sp³-hybridized carbons (Fsp3) is 0.500. The van der Waals surface area contributed by atoms with Gasteiger partial charge in [-0.2, -0.15) is 0 Å². The average molecular weight is 264 g/mol. The molecule has 0 spiro atoms. The summed E-state index contributed by atoms with van der Waals surface area (Å²) in [6.45, 7) is 5.21. The number of benzene rings is 1. The molecule has 2 unspecified atom stereocenters. The molecule has 1 fully saturated rings. The van der Waals surface area contributed by atoms with Crippen LogP contribution >= 0.6 is 11.8 Å². The Labute approximate surface area is 113 Å². The summed E-state index contributed by atoms with van der Waals surface area (Å²) in [5, 5.41) is 4.51. The van der Waals surface area contributed by atoms with Crippen molar-refractivity contribution in [1.82, 2.24) is 5.32 Å². The minimum absolute atomic E-state index is 0.515. The first-order chi connectivity index (χ1) is 8.69. The molecule has 0 bridgehead atoms. The molecular weight excluding hydrogens is 244 g/mol. The van der Waals surface area contributed by atoms with Crippen molar-refractivity contribution in [3.05, 3.63) is 29.8 Å². The zero-order valence-electron chi connectivity index (χ0n) is 11.1. The standard InChI is InChI=1S/C14H20N2OS/c1-10-9-18-14(16-11(10)2)15-8-12-4-6-13(17-3)7-5-12/h4-7,10-11H,8-9H2,1-3H3,(H,15,16). The summed E-state index contributed by atoms with van der Waals surface area (Å²) in [5.41, 5.74) is 1.21. The van der Waals surface area contributed by atoms with Gasteiger partial charge in [0.1, 0.15) is 5.75 Å². The molecule has 18 heavy (non-hydrogen) atoms. The molecule has 0 radical (unpaired) electrons. The molecule has 1 aliphatic rings. The van der Waals surface area contributed by atoms with Crippen LogP contribution in [-0.4, -0.2) is 24.1 Å². The summed E-state index contributed by atoms with van der Waals surface area (Å²) < 4.78 is 5.14. The summed E-state index contributed by atoms with van der Waals surface area (Å²) in [4.78, 5) is 4.62. The van der Waals surface area contributed by atoms with Gasteiger partial charge in [0.2, 0.25) is 0 Å². The van der Waals surface area contributed by atoms with E-state index < -0.39 is 0 Å². The Morgan fingerprint density at radius 3 is 2.67 bits per heavy atom. The molecule has 1 N–H and O–H groups in total. The van der Waals surface area contributed by atoms with Gasteiger partial charge in [0.15, 0.2) is 5.17 Å². The third-order valence-electron chi connectivity index (χ3n) is 3.25. The van der Waals surface area contributed by atoms with E-state index in [4.69, 9.17) is 4.74 Å². The first kappa shape index (κ1) is 13.3. The number of hydrogen-bond donors (Lipinski definition) is 1. The van der Waals surface area contributed by atoms with Crippen LogP contribution in [0.3, 0.4) is 0 Å². The first-order valence-corrected chi connectivity index (χ1v) is 7.24. The van der Waals surface area contributed by atoms with Gasteiger partial charge in [0.05, 0.1) is 13.7 Å². The van der Waals surface area contributed by atoms with Crippen LogP contribution in [0.4, 0.5) is 0 Å². The quantitative estimate of drug-likeness (QED) is 0.911. The van der Waals surface area contributed by atoms with Crippen molar-refractivity contribution in [3.63, 3.8) is 0 Å². The Hall–Kier alpha value is -1.16. The number of hydrogen-bond acceptors (Lipinski definition) is 3. The van der Waals surface area contributed by atoms with E-state index >= 15 is 0 Å². The van der Waals surface area contributed by atoms with Crippen molar-refractivity contribution in [1.29, 1.82) is 0 Å². The Morgan fingerprint density at radius 2 is 2.06 bits per heavy atom. The summed E-state index contributed by atoms with van der Waals surface area (Å²) >= 11 is 1.82. The van der Waals surface area contributed by atoms with Gasteiger partial charge in [-0.15, -0.1) is 0 Å². The number of rotatable bonds is 3. The van der Waals surface area contributed by atoms with Crippen molar-refractivity contribution in [2.24, 2.45) is 10.9 Å². The van der Waals surface area contributed by atoms with Gasteiger partial charge in [0.25, 0.3) is 0 Å². The second-order valence-corrected chi connectivity index (χ2v) is 5.70. The normalized spacial score (nSPS) is 25.8.